The predicted molar refractivity (Wildman–Crippen MR) is 78.6 cm³/mol. The Balaban J connectivity index is 1.59. The Bertz CT molecular complexity index is 677. The van der Waals surface area contributed by atoms with E-state index in [4.69, 9.17) is 0 Å². The van der Waals surface area contributed by atoms with Crippen molar-refractivity contribution in [1.29, 1.82) is 0 Å². The molecule has 2 aromatic heterocycles. The molecular weight excluding hydrogens is 250 g/mol. The molecule has 0 aliphatic heterocycles. The van der Waals surface area contributed by atoms with Crippen LogP contribution < -0.4 is 5.32 Å². The minimum atomic E-state index is 0.358. The molecule has 0 fully saturated rings. The molecule has 0 amide bonds. The fraction of sp³-hybridized carbons (Fsp3) is 0.267. The molecule has 20 heavy (non-hydrogen) atoms. The summed E-state index contributed by atoms with van der Waals surface area (Å²) in [5, 5.41) is 15.6. The molecular formula is C15H17N5. The van der Waals surface area contributed by atoms with Gasteiger partial charge in [-0.25, -0.2) is 0 Å². The molecule has 0 aliphatic rings. The van der Waals surface area contributed by atoms with Crippen LogP contribution in [-0.2, 0) is 6.42 Å². The van der Waals surface area contributed by atoms with Gasteiger partial charge in [0.15, 0.2) is 5.65 Å². The van der Waals surface area contributed by atoms with Gasteiger partial charge in [-0.15, -0.1) is 15.3 Å². The monoisotopic (exact) mass is 267 g/mol. The van der Waals surface area contributed by atoms with Crippen LogP contribution in [0.5, 0.6) is 0 Å². The molecule has 0 aliphatic carbocycles. The van der Waals surface area contributed by atoms with Crippen molar-refractivity contribution in [3.05, 3.63) is 54.4 Å². The first-order chi connectivity index (χ1) is 9.81. The van der Waals surface area contributed by atoms with E-state index in [9.17, 15) is 0 Å². The van der Waals surface area contributed by atoms with E-state index < -0.39 is 0 Å². The molecule has 5 nitrogen and oxygen atoms in total. The maximum absolute atomic E-state index is 4.41. The van der Waals surface area contributed by atoms with E-state index in [2.05, 4.69) is 51.8 Å². The lowest BCUT2D eigenvalue weighted by Gasteiger charge is -2.14. The topological polar surface area (TPSA) is 55.1 Å². The second-order valence-corrected chi connectivity index (χ2v) is 4.92. The molecule has 3 rings (SSSR count). The zero-order chi connectivity index (χ0) is 13.8. The van der Waals surface area contributed by atoms with Crippen LogP contribution in [0.4, 0.5) is 5.82 Å². The first kappa shape index (κ1) is 12.6. The van der Waals surface area contributed by atoms with Crippen LogP contribution in [0.2, 0.25) is 0 Å². The summed E-state index contributed by atoms with van der Waals surface area (Å²) in [6.45, 7) is 2.17. The van der Waals surface area contributed by atoms with Crippen molar-refractivity contribution in [2.45, 2.75) is 25.8 Å². The van der Waals surface area contributed by atoms with Gasteiger partial charge in [-0.1, -0.05) is 30.3 Å². The van der Waals surface area contributed by atoms with Crippen molar-refractivity contribution in [2.24, 2.45) is 0 Å². The summed E-state index contributed by atoms with van der Waals surface area (Å²) < 4.78 is 1.67. The third-order valence-electron chi connectivity index (χ3n) is 3.26. The van der Waals surface area contributed by atoms with E-state index in [1.807, 2.05) is 18.2 Å². The lowest BCUT2D eigenvalue weighted by atomic mass is 10.1. The number of nitrogens with one attached hydrogen (secondary N) is 1. The second kappa shape index (κ2) is 5.69. The van der Waals surface area contributed by atoms with Gasteiger partial charge in [0.05, 0.1) is 0 Å². The molecule has 1 N–H and O–H groups in total. The van der Waals surface area contributed by atoms with Crippen LogP contribution in [0.3, 0.4) is 0 Å². The third-order valence-corrected chi connectivity index (χ3v) is 3.26. The van der Waals surface area contributed by atoms with Crippen LogP contribution in [0, 0.1) is 0 Å². The Hall–Kier alpha value is -2.43. The second-order valence-electron chi connectivity index (χ2n) is 4.92. The Kier molecular flexibility index (Phi) is 3.58. The highest BCUT2D eigenvalue weighted by Crippen LogP contribution is 2.10. The number of anilines is 1. The molecule has 0 saturated heterocycles. The number of aromatic nitrogens is 4. The van der Waals surface area contributed by atoms with Crippen molar-refractivity contribution in [3.63, 3.8) is 0 Å². The Morgan fingerprint density at radius 2 is 2.00 bits per heavy atom. The lowest BCUT2D eigenvalue weighted by molar-refractivity contribution is 0.699. The summed E-state index contributed by atoms with van der Waals surface area (Å²) >= 11 is 0. The molecule has 0 saturated carbocycles. The van der Waals surface area contributed by atoms with E-state index in [0.29, 0.717) is 6.04 Å². The van der Waals surface area contributed by atoms with Gasteiger partial charge in [0.1, 0.15) is 12.1 Å². The van der Waals surface area contributed by atoms with E-state index in [-0.39, 0.29) is 0 Å². The first-order valence-corrected chi connectivity index (χ1v) is 6.79. The minimum absolute atomic E-state index is 0.358. The average Bonchev–Trinajstić information content (AvgIpc) is 2.94. The molecule has 0 bridgehead atoms. The van der Waals surface area contributed by atoms with Crippen LogP contribution in [0.25, 0.3) is 5.65 Å². The van der Waals surface area contributed by atoms with Crippen molar-refractivity contribution in [1.82, 2.24) is 19.8 Å². The number of nitrogens with zero attached hydrogens (tertiary/aromatic N) is 4. The molecule has 1 aromatic carbocycles. The van der Waals surface area contributed by atoms with Crippen LogP contribution >= 0.6 is 0 Å². The molecule has 0 spiro atoms. The van der Waals surface area contributed by atoms with E-state index in [1.165, 1.54) is 5.56 Å². The number of fused-ring (bicyclic) bond motifs is 1. The summed E-state index contributed by atoms with van der Waals surface area (Å²) in [7, 11) is 0. The normalized spacial score (nSPS) is 12.4. The summed E-state index contributed by atoms with van der Waals surface area (Å²) in [5.74, 6) is 0.845. The fourth-order valence-electron chi connectivity index (χ4n) is 2.16. The van der Waals surface area contributed by atoms with Crippen LogP contribution in [0.1, 0.15) is 18.9 Å². The summed E-state index contributed by atoms with van der Waals surface area (Å²) in [6.07, 6.45) is 3.73. The lowest BCUT2D eigenvalue weighted by Crippen LogP contribution is -2.17. The largest absolute Gasteiger partial charge is 0.366 e. The third kappa shape index (κ3) is 2.93. The summed E-state index contributed by atoms with van der Waals surface area (Å²) in [5.41, 5.74) is 2.12. The first-order valence-electron chi connectivity index (χ1n) is 6.79. The zero-order valence-corrected chi connectivity index (χ0v) is 11.4. The van der Waals surface area contributed by atoms with Gasteiger partial charge in [0.25, 0.3) is 0 Å². The highest BCUT2D eigenvalue weighted by atomic mass is 15.4. The Morgan fingerprint density at radius 3 is 2.85 bits per heavy atom. The van der Waals surface area contributed by atoms with Gasteiger partial charge in [-0.3, -0.25) is 0 Å². The predicted octanol–water partition coefficient (Wildman–Crippen LogP) is 2.56. The maximum atomic E-state index is 4.41. The van der Waals surface area contributed by atoms with Gasteiger partial charge < -0.3 is 5.32 Å². The van der Waals surface area contributed by atoms with Crippen LogP contribution in [-0.4, -0.2) is 25.9 Å². The summed E-state index contributed by atoms with van der Waals surface area (Å²) in [4.78, 5) is 0. The zero-order valence-electron chi connectivity index (χ0n) is 11.4. The Labute approximate surface area is 117 Å². The number of benzene rings is 1. The van der Waals surface area contributed by atoms with E-state index >= 15 is 0 Å². The number of aryl methyl sites for hydroxylation is 1. The van der Waals surface area contributed by atoms with Gasteiger partial charge in [0.2, 0.25) is 0 Å². The molecule has 3 aromatic rings. The standard InChI is InChI=1S/C15H17N5/c1-12(7-8-13-5-3-2-4-6-13)17-14-9-10-15-18-16-11-20(15)19-14/h2-6,9-12H,7-8H2,1H3,(H,17,19). The molecule has 5 heteroatoms. The van der Waals surface area contributed by atoms with Gasteiger partial charge in [-0.05, 0) is 37.5 Å². The van der Waals surface area contributed by atoms with Crippen molar-refractivity contribution < 1.29 is 0 Å². The van der Waals surface area contributed by atoms with Crippen molar-refractivity contribution in [3.8, 4) is 0 Å². The quantitative estimate of drug-likeness (QED) is 0.772. The Morgan fingerprint density at radius 1 is 1.15 bits per heavy atom. The molecule has 2 heterocycles. The number of hydrogen-bond acceptors (Lipinski definition) is 4. The molecule has 1 atom stereocenters. The van der Waals surface area contributed by atoms with Crippen molar-refractivity contribution in [2.75, 3.05) is 5.32 Å². The van der Waals surface area contributed by atoms with E-state index in [1.54, 1.807) is 10.8 Å². The van der Waals surface area contributed by atoms with Crippen molar-refractivity contribution >= 4 is 11.5 Å². The van der Waals surface area contributed by atoms with Gasteiger partial charge >= 0.3 is 0 Å². The number of hydrogen-bond donors (Lipinski definition) is 1. The summed E-state index contributed by atoms with van der Waals surface area (Å²) in [6, 6.07) is 14.7. The molecule has 102 valence electrons. The van der Waals surface area contributed by atoms with Gasteiger partial charge in [-0.2, -0.15) is 4.52 Å². The minimum Gasteiger partial charge on any atom is -0.366 e. The smallest absolute Gasteiger partial charge is 0.177 e. The fourth-order valence-corrected chi connectivity index (χ4v) is 2.16. The van der Waals surface area contributed by atoms with Crippen LogP contribution in [0.15, 0.2) is 48.8 Å². The molecule has 1 unspecified atom stereocenters. The maximum Gasteiger partial charge on any atom is 0.177 e. The molecule has 0 radical (unpaired) electrons. The highest BCUT2D eigenvalue weighted by Gasteiger charge is 2.05. The number of rotatable bonds is 5. The highest BCUT2D eigenvalue weighted by molar-refractivity contribution is 5.43. The average molecular weight is 267 g/mol. The van der Waals surface area contributed by atoms with E-state index in [0.717, 1.165) is 24.3 Å². The SMILES string of the molecule is CC(CCc1ccccc1)Nc1ccc2nncn2n1. The van der Waals surface area contributed by atoms with Gasteiger partial charge in [0, 0.05) is 6.04 Å².